The quantitative estimate of drug-likeness (QED) is 0.561. The van der Waals surface area contributed by atoms with E-state index in [1.54, 1.807) is 20.8 Å². The van der Waals surface area contributed by atoms with Gasteiger partial charge in [-0.25, -0.2) is 4.79 Å². The van der Waals surface area contributed by atoms with Crippen molar-refractivity contribution in [2.75, 3.05) is 6.61 Å². The minimum Gasteiger partial charge on any atom is -0.423 e. The molecule has 23 heavy (non-hydrogen) atoms. The van der Waals surface area contributed by atoms with Gasteiger partial charge in [0.05, 0.1) is 12.0 Å². The van der Waals surface area contributed by atoms with Gasteiger partial charge in [-0.3, -0.25) is 14.4 Å². The van der Waals surface area contributed by atoms with Gasteiger partial charge < -0.3 is 14.2 Å². The minimum absolute atomic E-state index is 0.0333. The van der Waals surface area contributed by atoms with E-state index in [9.17, 15) is 14.4 Å². The summed E-state index contributed by atoms with van der Waals surface area (Å²) in [6, 6.07) is 0. The average Bonchev–Trinajstić information content (AvgIpc) is 3.00. The molecule has 3 fully saturated rings. The molecule has 128 valence electrons. The summed E-state index contributed by atoms with van der Waals surface area (Å²) in [5.41, 5.74) is -2.40. The Hall–Kier alpha value is -1.67. The standard InChI is InChI=1S/C15H21NO7/c1-13(2)15(4,14(3)7-8-20-11(14)21-13)22-12(19)23-16-9(17)5-6-10(16)18/h11H,5-8H2,1-4H3/t11-,14-,15+/m1/s1. The number of carbonyl (C=O) groups excluding carboxylic acids is 3. The zero-order chi connectivity index (χ0) is 17.0. The van der Waals surface area contributed by atoms with Gasteiger partial charge in [0.1, 0.15) is 5.60 Å². The molecule has 3 heterocycles. The van der Waals surface area contributed by atoms with Crippen molar-refractivity contribution in [2.24, 2.45) is 5.41 Å². The van der Waals surface area contributed by atoms with E-state index < -0.39 is 40.9 Å². The van der Waals surface area contributed by atoms with Crippen molar-refractivity contribution in [3.8, 4) is 0 Å². The smallest absolute Gasteiger partial charge is 0.423 e. The number of hydrogen-bond donors (Lipinski definition) is 0. The van der Waals surface area contributed by atoms with E-state index in [0.29, 0.717) is 18.1 Å². The lowest BCUT2D eigenvalue weighted by Gasteiger charge is -2.43. The van der Waals surface area contributed by atoms with Crippen molar-refractivity contribution < 1.29 is 33.4 Å². The highest BCUT2D eigenvalue weighted by Gasteiger charge is 2.70. The molecule has 0 aromatic rings. The zero-order valence-corrected chi connectivity index (χ0v) is 13.7. The third-order valence-corrected chi connectivity index (χ3v) is 5.51. The Balaban J connectivity index is 1.78. The number of fused-ring (bicyclic) bond motifs is 1. The number of amides is 2. The Labute approximate surface area is 133 Å². The summed E-state index contributed by atoms with van der Waals surface area (Å²) in [6.07, 6.45) is -0.851. The Morgan fingerprint density at radius 3 is 2.39 bits per heavy atom. The number of hydrogen-bond acceptors (Lipinski definition) is 7. The molecule has 3 aliphatic heterocycles. The Kier molecular flexibility index (Phi) is 3.46. The van der Waals surface area contributed by atoms with E-state index in [4.69, 9.17) is 19.0 Å². The van der Waals surface area contributed by atoms with E-state index in [1.807, 2.05) is 6.92 Å². The first kappa shape index (κ1) is 16.2. The van der Waals surface area contributed by atoms with Crippen LogP contribution in [0, 0.1) is 5.41 Å². The fourth-order valence-corrected chi connectivity index (χ4v) is 3.53. The van der Waals surface area contributed by atoms with Crippen LogP contribution in [-0.4, -0.2) is 47.1 Å². The van der Waals surface area contributed by atoms with E-state index in [-0.39, 0.29) is 12.8 Å². The normalized spacial score (nSPS) is 38.8. The van der Waals surface area contributed by atoms with Crippen LogP contribution >= 0.6 is 0 Å². The van der Waals surface area contributed by atoms with Crippen LogP contribution in [0.5, 0.6) is 0 Å². The molecule has 0 aromatic carbocycles. The summed E-state index contributed by atoms with van der Waals surface area (Å²) in [6.45, 7) is 7.81. The van der Waals surface area contributed by atoms with Crippen molar-refractivity contribution in [3.05, 3.63) is 0 Å². The first-order chi connectivity index (χ1) is 10.6. The minimum atomic E-state index is -1.10. The van der Waals surface area contributed by atoms with Gasteiger partial charge in [-0.2, -0.15) is 0 Å². The van der Waals surface area contributed by atoms with Crippen LogP contribution in [0.15, 0.2) is 0 Å². The maximum atomic E-state index is 12.2. The molecule has 0 N–H and O–H groups in total. The fraction of sp³-hybridized carbons (Fsp3) is 0.800. The summed E-state index contributed by atoms with van der Waals surface area (Å²) in [4.78, 5) is 40.1. The van der Waals surface area contributed by atoms with Gasteiger partial charge in [0.25, 0.3) is 11.8 Å². The topological polar surface area (TPSA) is 91.4 Å². The molecule has 2 amide bonds. The van der Waals surface area contributed by atoms with Crippen LogP contribution in [-0.2, 0) is 28.6 Å². The SMILES string of the molecule is CC1(C)O[C@H]2OCC[C@@]2(C)[C@@]1(C)OC(=O)ON1C(=O)CCC1=O. The van der Waals surface area contributed by atoms with Crippen molar-refractivity contribution >= 4 is 18.0 Å². The Morgan fingerprint density at radius 1 is 1.17 bits per heavy atom. The molecule has 8 heteroatoms. The van der Waals surface area contributed by atoms with Crippen LogP contribution in [0.4, 0.5) is 4.79 Å². The largest absolute Gasteiger partial charge is 0.534 e. The first-order valence-corrected chi connectivity index (χ1v) is 7.67. The molecule has 8 nitrogen and oxygen atoms in total. The number of hydroxylamine groups is 2. The second kappa shape index (κ2) is 4.91. The summed E-state index contributed by atoms with van der Waals surface area (Å²) in [7, 11) is 0. The van der Waals surface area contributed by atoms with Gasteiger partial charge in [0, 0.05) is 12.8 Å². The second-order valence-electron chi connectivity index (χ2n) is 7.06. The summed E-state index contributed by atoms with van der Waals surface area (Å²) in [5.74, 6) is -1.10. The third-order valence-electron chi connectivity index (χ3n) is 5.51. The van der Waals surface area contributed by atoms with Crippen molar-refractivity contribution in [1.82, 2.24) is 5.06 Å². The highest BCUT2D eigenvalue weighted by atomic mass is 16.8. The third kappa shape index (κ3) is 2.15. The van der Waals surface area contributed by atoms with Crippen molar-refractivity contribution in [3.63, 3.8) is 0 Å². The van der Waals surface area contributed by atoms with E-state index in [2.05, 4.69) is 0 Å². The molecule has 0 aliphatic carbocycles. The lowest BCUT2D eigenvalue weighted by atomic mass is 9.68. The van der Waals surface area contributed by atoms with Crippen LogP contribution in [0.2, 0.25) is 0 Å². The number of imide groups is 1. The second-order valence-corrected chi connectivity index (χ2v) is 7.06. The summed E-state index contributed by atoms with van der Waals surface area (Å²) >= 11 is 0. The number of ether oxygens (including phenoxy) is 3. The molecule has 3 rings (SSSR count). The molecule has 3 atom stereocenters. The molecule has 0 spiro atoms. The summed E-state index contributed by atoms with van der Waals surface area (Å²) in [5, 5.41) is 0.472. The van der Waals surface area contributed by atoms with E-state index in [1.165, 1.54) is 0 Å². The van der Waals surface area contributed by atoms with Gasteiger partial charge in [-0.05, 0) is 27.2 Å². The highest BCUT2D eigenvalue weighted by Crippen LogP contribution is 2.58. The fourth-order valence-electron chi connectivity index (χ4n) is 3.53. The predicted octanol–water partition coefficient (Wildman–Crippen LogP) is 1.52. The molecular formula is C15H21NO7. The van der Waals surface area contributed by atoms with Gasteiger partial charge in [-0.15, -0.1) is 0 Å². The van der Waals surface area contributed by atoms with E-state index in [0.717, 1.165) is 0 Å². The molecule has 3 aliphatic rings. The first-order valence-electron chi connectivity index (χ1n) is 7.67. The monoisotopic (exact) mass is 327 g/mol. The average molecular weight is 327 g/mol. The highest BCUT2D eigenvalue weighted by molar-refractivity contribution is 6.01. The molecule has 3 saturated heterocycles. The lowest BCUT2D eigenvalue weighted by Crippen LogP contribution is -2.56. The van der Waals surface area contributed by atoms with Crippen molar-refractivity contribution in [2.45, 2.75) is 64.4 Å². The van der Waals surface area contributed by atoms with E-state index >= 15 is 0 Å². The summed E-state index contributed by atoms with van der Waals surface area (Å²) < 4.78 is 17.1. The number of nitrogens with zero attached hydrogens (tertiary/aromatic N) is 1. The van der Waals surface area contributed by atoms with Gasteiger partial charge in [0.2, 0.25) is 0 Å². The molecule has 0 bridgehead atoms. The van der Waals surface area contributed by atoms with Gasteiger partial charge in [0.15, 0.2) is 11.9 Å². The molecule has 0 radical (unpaired) electrons. The lowest BCUT2D eigenvalue weighted by molar-refractivity contribution is -0.195. The van der Waals surface area contributed by atoms with Gasteiger partial charge >= 0.3 is 6.16 Å². The number of rotatable bonds is 2. The molecule has 0 aromatic heterocycles. The van der Waals surface area contributed by atoms with Crippen LogP contribution in [0.25, 0.3) is 0 Å². The zero-order valence-electron chi connectivity index (χ0n) is 13.7. The van der Waals surface area contributed by atoms with Gasteiger partial charge in [-0.1, -0.05) is 12.0 Å². The Morgan fingerprint density at radius 2 is 1.78 bits per heavy atom. The molecular weight excluding hydrogens is 306 g/mol. The number of carbonyl (C=O) groups is 3. The predicted molar refractivity (Wildman–Crippen MR) is 74.7 cm³/mol. The van der Waals surface area contributed by atoms with Crippen LogP contribution in [0.1, 0.15) is 47.0 Å². The maximum absolute atomic E-state index is 12.2. The molecule has 0 unspecified atom stereocenters. The van der Waals surface area contributed by atoms with Crippen LogP contribution in [0.3, 0.4) is 0 Å². The molecule has 0 saturated carbocycles. The van der Waals surface area contributed by atoms with Crippen molar-refractivity contribution in [1.29, 1.82) is 0 Å². The Bertz CT molecular complexity index is 558. The van der Waals surface area contributed by atoms with Crippen LogP contribution < -0.4 is 0 Å². The maximum Gasteiger partial charge on any atom is 0.534 e.